The summed E-state index contributed by atoms with van der Waals surface area (Å²) >= 11 is 6.89. The van der Waals surface area contributed by atoms with E-state index < -0.39 is 0 Å². The molecule has 0 saturated heterocycles. The van der Waals surface area contributed by atoms with Gasteiger partial charge in [0.05, 0.1) is 0 Å². The van der Waals surface area contributed by atoms with Gasteiger partial charge in [0.25, 0.3) is 0 Å². The lowest BCUT2D eigenvalue weighted by Crippen LogP contribution is -1.86. The first kappa shape index (κ1) is 12.7. The average Bonchev–Trinajstić information content (AvgIpc) is 2.35. The van der Waals surface area contributed by atoms with Gasteiger partial charge in [0, 0.05) is 9.80 Å². The number of halogens is 2. The zero-order valence-electron chi connectivity index (χ0n) is 9.41. The molecule has 0 radical (unpaired) electrons. The molecule has 3 heteroatoms. The van der Waals surface area contributed by atoms with Crippen LogP contribution in [0.3, 0.4) is 0 Å². The van der Waals surface area contributed by atoms with Crippen LogP contribution >= 0.6 is 31.9 Å². The van der Waals surface area contributed by atoms with Crippen molar-refractivity contribution in [3.8, 4) is 11.5 Å². The standard InChI is InChI=1S/C14H12Br2O/c1-10-8-13(6-7-14(10)16)17-12-4-2-11(9-15)3-5-12/h2-8H,9H2,1H3. The van der Waals surface area contributed by atoms with Crippen molar-refractivity contribution in [3.05, 3.63) is 58.1 Å². The number of ether oxygens (including phenoxy) is 1. The maximum atomic E-state index is 5.78. The maximum absolute atomic E-state index is 5.78. The lowest BCUT2D eigenvalue weighted by Gasteiger charge is -2.07. The van der Waals surface area contributed by atoms with Crippen LogP contribution in [-0.4, -0.2) is 0 Å². The largest absolute Gasteiger partial charge is 0.457 e. The molecular formula is C14H12Br2O. The molecule has 88 valence electrons. The van der Waals surface area contributed by atoms with Gasteiger partial charge in [-0.2, -0.15) is 0 Å². The molecule has 0 aliphatic rings. The molecule has 2 aromatic carbocycles. The van der Waals surface area contributed by atoms with Crippen LogP contribution in [0.2, 0.25) is 0 Å². The molecule has 0 fully saturated rings. The number of hydrogen-bond donors (Lipinski definition) is 0. The molecule has 0 atom stereocenters. The van der Waals surface area contributed by atoms with Crippen molar-refractivity contribution in [1.29, 1.82) is 0 Å². The van der Waals surface area contributed by atoms with E-state index in [2.05, 4.69) is 44.0 Å². The molecule has 0 aromatic heterocycles. The molecule has 0 spiro atoms. The summed E-state index contributed by atoms with van der Waals surface area (Å²) in [7, 11) is 0. The van der Waals surface area contributed by atoms with E-state index in [0.29, 0.717) is 0 Å². The Balaban J connectivity index is 2.16. The monoisotopic (exact) mass is 354 g/mol. The number of benzene rings is 2. The quantitative estimate of drug-likeness (QED) is 0.665. The highest BCUT2D eigenvalue weighted by molar-refractivity contribution is 9.10. The van der Waals surface area contributed by atoms with Crippen LogP contribution in [0.25, 0.3) is 0 Å². The SMILES string of the molecule is Cc1cc(Oc2ccc(CBr)cc2)ccc1Br. The van der Waals surface area contributed by atoms with E-state index in [4.69, 9.17) is 4.74 Å². The third kappa shape index (κ3) is 3.33. The van der Waals surface area contributed by atoms with Gasteiger partial charge in [-0.25, -0.2) is 0 Å². The minimum Gasteiger partial charge on any atom is -0.457 e. The van der Waals surface area contributed by atoms with Crippen LogP contribution in [-0.2, 0) is 5.33 Å². The molecular weight excluding hydrogens is 344 g/mol. The third-order valence-corrected chi connectivity index (χ3v) is 3.98. The molecule has 2 rings (SSSR count). The van der Waals surface area contributed by atoms with Crippen molar-refractivity contribution < 1.29 is 4.74 Å². The molecule has 2 aromatic rings. The second-order valence-electron chi connectivity index (χ2n) is 3.79. The number of rotatable bonds is 3. The molecule has 17 heavy (non-hydrogen) atoms. The molecule has 0 bridgehead atoms. The van der Waals surface area contributed by atoms with E-state index in [9.17, 15) is 0 Å². The van der Waals surface area contributed by atoms with Crippen LogP contribution in [0.1, 0.15) is 11.1 Å². The van der Waals surface area contributed by atoms with Crippen LogP contribution in [0, 0.1) is 6.92 Å². The second-order valence-corrected chi connectivity index (χ2v) is 5.21. The zero-order chi connectivity index (χ0) is 12.3. The van der Waals surface area contributed by atoms with Gasteiger partial charge in [-0.1, -0.05) is 44.0 Å². The van der Waals surface area contributed by atoms with E-state index in [1.165, 1.54) is 11.1 Å². The molecule has 0 heterocycles. The Morgan fingerprint density at radius 1 is 1.00 bits per heavy atom. The lowest BCUT2D eigenvalue weighted by atomic mass is 10.2. The predicted molar refractivity (Wildman–Crippen MR) is 78.0 cm³/mol. The number of aryl methyl sites for hydroxylation is 1. The van der Waals surface area contributed by atoms with E-state index in [1.54, 1.807) is 0 Å². The normalized spacial score (nSPS) is 10.3. The molecule has 0 N–H and O–H groups in total. The minimum absolute atomic E-state index is 0.858. The van der Waals surface area contributed by atoms with E-state index in [-0.39, 0.29) is 0 Å². The minimum atomic E-state index is 0.858. The highest BCUT2D eigenvalue weighted by atomic mass is 79.9. The average molecular weight is 356 g/mol. The van der Waals surface area contributed by atoms with Gasteiger partial charge >= 0.3 is 0 Å². The van der Waals surface area contributed by atoms with Gasteiger partial charge in [-0.05, 0) is 48.4 Å². The van der Waals surface area contributed by atoms with E-state index in [0.717, 1.165) is 21.3 Å². The summed E-state index contributed by atoms with van der Waals surface area (Å²) in [6.07, 6.45) is 0. The molecule has 0 unspecified atom stereocenters. The van der Waals surface area contributed by atoms with Gasteiger partial charge in [-0.3, -0.25) is 0 Å². The molecule has 0 saturated carbocycles. The van der Waals surface area contributed by atoms with Crippen molar-refractivity contribution in [2.45, 2.75) is 12.3 Å². The predicted octanol–water partition coefficient (Wildman–Crippen LogP) is 5.44. The van der Waals surface area contributed by atoms with Crippen molar-refractivity contribution in [2.75, 3.05) is 0 Å². The van der Waals surface area contributed by atoms with Gasteiger partial charge in [0.15, 0.2) is 0 Å². The fourth-order valence-corrected chi connectivity index (χ4v) is 2.08. The smallest absolute Gasteiger partial charge is 0.127 e. The summed E-state index contributed by atoms with van der Waals surface area (Å²) in [5.41, 5.74) is 2.41. The summed E-state index contributed by atoms with van der Waals surface area (Å²) in [4.78, 5) is 0. The zero-order valence-corrected chi connectivity index (χ0v) is 12.6. The van der Waals surface area contributed by atoms with Crippen LogP contribution in [0.5, 0.6) is 11.5 Å². The van der Waals surface area contributed by atoms with Gasteiger partial charge in [0.2, 0.25) is 0 Å². The first-order chi connectivity index (χ1) is 8.19. The fraction of sp³-hybridized carbons (Fsp3) is 0.143. The molecule has 0 aliphatic heterocycles. The van der Waals surface area contributed by atoms with Gasteiger partial charge in [0.1, 0.15) is 11.5 Å². The highest BCUT2D eigenvalue weighted by Gasteiger charge is 2.00. The lowest BCUT2D eigenvalue weighted by molar-refractivity contribution is 0.482. The first-order valence-corrected chi connectivity index (χ1v) is 7.19. The molecule has 0 amide bonds. The second kappa shape index (κ2) is 5.69. The van der Waals surface area contributed by atoms with E-state index in [1.807, 2.05) is 37.3 Å². The summed E-state index contributed by atoms with van der Waals surface area (Å²) in [5.74, 6) is 1.72. The van der Waals surface area contributed by atoms with Crippen LogP contribution in [0.15, 0.2) is 46.9 Å². The Morgan fingerprint density at radius 3 is 2.24 bits per heavy atom. The van der Waals surface area contributed by atoms with Crippen LogP contribution < -0.4 is 4.74 Å². The summed E-state index contributed by atoms with van der Waals surface area (Å²) < 4.78 is 6.87. The van der Waals surface area contributed by atoms with Crippen molar-refractivity contribution >= 4 is 31.9 Å². The summed E-state index contributed by atoms with van der Waals surface area (Å²) in [6.45, 7) is 2.05. The Bertz CT molecular complexity index is 506. The Hall–Kier alpha value is -0.800. The Kier molecular flexibility index (Phi) is 4.24. The molecule has 0 aliphatic carbocycles. The van der Waals surface area contributed by atoms with Crippen molar-refractivity contribution in [3.63, 3.8) is 0 Å². The van der Waals surface area contributed by atoms with Crippen molar-refractivity contribution in [2.24, 2.45) is 0 Å². The van der Waals surface area contributed by atoms with Crippen molar-refractivity contribution in [1.82, 2.24) is 0 Å². The topological polar surface area (TPSA) is 9.23 Å². The van der Waals surface area contributed by atoms with Gasteiger partial charge < -0.3 is 4.74 Å². The third-order valence-electron chi connectivity index (χ3n) is 2.44. The number of alkyl halides is 1. The van der Waals surface area contributed by atoms with E-state index >= 15 is 0 Å². The maximum Gasteiger partial charge on any atom is 0.127 e. The van der Waals surface area contributed by atoms with Gasteiger partial charge in [-0.15, -0.1) is 0 Å². The fourth-order valence-electron chi connectivity index (χ4n) is 1.46. The van der Waals surface area contributed by atoms with Crippen LogP contribution in [0.4, 0.5) is 0 Å². The number of hydrogen-bond acceptors (Lipinski definition) is 1. The Morgan fingerprint density at radius 2 is 1.65 bits per heavy atom. The first-order valence-electron chi connectivity index (χ1n) is 5.28. The Labute approximate surface area is 118 Å². The summed E-state index contributed by atoms with van der Waals surface area (Å²) in [6, 6.07) is 14.0. The molecule has 1 nitrogen and oxygen atoms in total. The highest BCUT2D eigenvalue weighted by Crippen LogP contribution is 2.26. The summed E-state index contributed by atoms with van der Waals surface area (Å²) in [5, 5.41) is 0.866.